The number of thioether (sulfide) groups is 1. The van der Waals surface area contributed by atoms with Crippen molar-refractivity contribution in [3.05, 3.63) is 24.3 Å². The van der Waals surface area contributed by atoms with Gasteiger partial charge < -0.3 is 14.4 Å². The van der Waals surface area contributed by atoms with E-state index >= 15 is 0 Å². The van der Waals surface area contributed by atoms with Crippen LogP contribution in [0, 0.1) is 0 Å². The standard InChI is InChI=1S/C17H20N2O5S2/c1-23-13-6-3-2-5-11(13)19-12-9-26(21,22)10-15(12)25-17(19)18-16(20)14-7-4-8-24-14/h2-3,5-6,12,14-15H,4,7-10H2,1H3/t12-,14+,15+/m0/s1. The lowest BCUT2D eigenvalue weighted by Gasteiger charge is -2.26. The maximum atomic E-state index is 12.5. The highest BCUT2D eigenvalue weighted by Gasteiger charge is 2.50. The molecule has 9 heteroatoms. The van der Waals surface area contributed by atoms with Crippen molar-refractivity contribution in [2.75, 3.05) is 30.1 Å². The zero-order valence-corrected chi connectivity index (χ0v) is 16.0. The number of amidine groups is 1. The second-order valence-corrected chi connectivity index (χ2v) is 9.94. The first-order valence-electron chi connectivity index (χ1n) is 8.52. The number of methoxy groups -OCH3 is 1. The molecule has 0 bridgehead atoms. The lowest BCUT2D eigenvalue weighted by molar-refractivity contribution is -0.126. The van der Waals surface area contributed by atoms with Gasteiger partial charge in [0, 0.05) is 11.9 Å². The number of rotatable bonds is 3. The Balaban J connectivity index is 1.72. The minimum Gasteiger partial charge on any atom is -0.495 e. The molecule has 26 heavy (non-hydrogen) atoms. The topological polar surface area (TPSA) is 85.3 Å². The number of fused-ring (bicyclic) bond motifs is 1. The summed E-state index contributed by atoms with van der Waals surface area (Å²) in [6, 6.07) is 7.13. The van der Waals surface area contributed by atoms with Crippen LogP contribution in [0.3, 0.4) is 0 Å². The first-order chi connectivity index (χ1) is 12.5. The van der Waals surface area contributed by atoms with Crippen LogP contribution in [-0.4, -0.2) is 62.1 Å². The first kappa shape index (κ1) is 17.8. The van der Waals surface area contributed by atoms with E-state index in [1.54, 1.807) is 7.11 Å². The molecule has 0 spiro atoms. The van der Waals surface area contributed by atoms with Gasteiger partial charge in [0.25, 0.3) is 5.91 Å². The highest BCUT2D eigenvalue weighted by Crippen LogP contribution is 2.43. The largest absolute Gasteiger partial charge is 0.495 e. The molecule has 0 radical (unpaired) electrons. The van der Waals surface area contributed by atoms with Gasteiger partial charge in [0.15, 0.2) is 15.0 Å². The van der Waals surface area contributed by atoms with Gasteiger partial charge in [-0.3, -0.25) is 4.79 Å². The molecule has 1 aromatic rings. The molecule has 1 aromatic carbocycles. The Hall–Kier alpha value is -1.58. The van der Waals surface area contributed by atoms with E-state index in [0.29, 0.717) is 23.9 Å². The summed E-state index contributed by atoms with van der Waals surface area (Å²) in [5.74, 6) is 0.472. The second kappa shape index (κ2) is 6.86. The van der Waals surface area contributed by atoms with Crippen molar-refractivity contribution in [1.82, 2.24) is 0 Å². The normalized spacial score (nSPS) is 31.3. The number of carbonyl (C=O) groups excluding carboxylic acids is 1. The van der Waals surface area contributed by atoms with Crippen molar-refractivity contribution in [2.45, 2.75) is 30.2 Å². The molecule has 0 saturated carbocycles. The fourth-order valence-electron chi connectivity index (χ4n) is 3.61. The number of amides is 1. The number of aliphatic imine (C=N–C) groups is 1. The summed E-state index contributed by atoms with van der Waals surface area (Å²) in [6.45, 7) is 0.577. The molecular formula is C17H20N2O5S2. The SMILES string of the molecule is COc1ccccc1N1C(=NC(=O)[C@H]2CCCO2)S[C@@H]2CS(=O)(=O)C[C@@H]21. The molecule has 0 N–H and O–H groups in total. The lowest BCUT2D eigenvalue weighted by atomic mass is 10.2. The van der Waals surface area contributed by atoms with Crippen molar-refractivity contribution in [3.8, 4) is 5.75 Å². The molecule has 0 aromatic heterocycles. The maximum absolute atomic E-state index is 12.5. The highest BCUT2D eigenvalue weighted by molar-refractivity contribution is 8.16. The van der Waals surface area contributed by atoms with Gasteiger partial charge in [-0.25, -0.2) is 8.42 Å². The summed E-state index contributed by atoms with van der Waals surface area (Å²) in [5, 5.41) is 0.390. The number of benzene rings is 1. The molecule has 1 amide bonds. The Labute approximate surface area is 156 Å². The number of ether oxygens (including phenoxy) is 2. The van der Waals surface area contributed by atoms with Crippen LogP contribution < -0.4 is 9.64 Å². The molecule has 140 valence electrons. The number of carbonyl (C=O) groups is 1. The number of sulfone groups is 1. The third-order valence-electron chi connectivity index (χ3n) is 4.82. The van der Waals surface area contributed by atoms with E-state index < -0.39 is 15.9 Å². The van der Waals surface area contributed by atoms with Gasteiger partial charge >= 0.3 is 0 Å². The van der Waals surface area contributed by atoms with Crippen molar-refractivity contribution in [1.29, 1.82) is 0 Å². The van der Waals surface area contributed by atoms with Gasteiger partial charge in [0.05, 0.1) is 30.3 Å². The number of anilines is 1. The average molecular weight is 396 g/mol. The number of para-hydroxylation sites is 2. The molecule has 0 unspecified atom stereocenters. The average Bonchev–Trinajstić information content (AvgIpc) is 3.29. The smallest absolute Gasteiger partial charge is 0.277 e. The molecule has 4 rings (SSSR count). The van der Waals surface area contributed by atoms with Crippen molar-refractivity contribution in [3.63, 3.8) is 0 Å². The summed E-state index contributed by atoms with van der Waals surface area (Å²) in [4.78, 5) is 18.6. The van der Waals surface area contributed by atoms with Crippen LogP contribution in [0.1, 0.15) is 12.8 Å². The second-order valence-electron chi connectivity index (χ2n) is 6.58. The zero-order chi connectivity index (χ0) is 18.3. The van der Waals surface area contributed by atoms with Gasteiger partial charge in [0.1, 0.15) is 11.9 Å². The van der Waals surface area contributed by atoms with Crippen LogP contribution in [0.5, 0.6) is 5.75 Å². The van der Waals surface area contributed by atoms with Crippen LogP contribution in [-0.2, 0) is 19.4 Å². The molecule has 3 aliphatic heterocycles. The minimum atomic E-state index is -3.10. The zero-order valence-electron chi connectivity index (χ0n) is 14.3. The predicted octanol–water partition coefficient (Wildman–Crippen LogP) is 1.48. The monoisotopic (exact) mass is 396 g/mol. The van der Waals surface area contributed by atoms with Crippen LogP contribution in [0.2, 0.25) is 0 Å². The highest BCUT2D eigenvalue weighted by atomic mass is 32.2. The van der Waals surface area contributed by atoms with E-state index in [4.69, 9.17) is 9.47 Å². The molecule has 0 aliphatic carbocycles. The van der Waals surface area contributed by atoms with Gasteiger partial charge in [-0.2, -0.15) is 4.99 Å². The predicted molar refractivity (Wildman–Crippen MR) is 101 cm³/mol. The van der Waals surface area contributed by atoms with E-state index in [1.165, 1.54) is 11.8 Å². The van der Waals surface area contributed by atoms with Gasteiger partial charge in [0.2, 0.25) is 0 Å². The molecule has 3 aliphatic rings. The third-order valence-corrected chi connectivity index (χ3v) is 8.03. The van der Waals surface area contributed by atoms with Crippen molar-refractivity contribution in [2.24, 2.45) is 4.99 Å². The van der Waals surface area contributed by atoms with Crippen molar-refractivity contribution >= 4 is 38.4 Å². The molecule has 7 nitrogen and oxygen atoms in total. The Bertz CT molecular complexity index is 848. The van der Waals surface area contributed by atoms with Crippen molar-refractivity contribution < 1.29 is 22.7 Å². The van der Waals surface area contributed by atoms with E-state index in [-0.39, 0.29) is 28.7 Å². The summed E-state index contributed by atoms with van der Waals surface area (Å²) in [5.41, 5.74) is 0.728. The summed E-state index contributed by atoms with van der Waals surface area (Å²) in [7, 11) is -1.53. The van der Waals surface area contributed by atoms with E-state index in [2.05, 4.69) is 4.99 Å². The van der Waals surface area contributed by atoms with Crippen LogP contribution in [0.15, 0.2) is 29.3 Å². The van der Waals surface area contributed by atoms with Gasteiger partial charge in [-0.15, -0.1) is 0 Å². The quantitative estimate of drug-likeness (QED) is 0.765. The molecular weight excluding hydrogens is 376 g/mol. The molecule has 3 saturated heterocycles. The molecule has 3 atom stereocenters. The number of hydrogen-bond donors (Lipinski definition) is 0. The summed E-state index contributed by atoms with van der Waals surface area (Å²) < 4.78 is 35.1. The Morgan fingerprint density at radius 1 is 1.35 bits per heavy atom. The summed E-state index contributed by atoms with van der Waals surface area (Å²) in [6.07, 6.45) is 1.04. The Kier molecular flexibility index (Phi) is 4.70. The van der Waals surface area contributed by atoms with E-state index in [9.17, 15) is 13.2 Å². The van der Waals surface area contributed by atoms with Crippen LogP contribution in [0.25, 0.3) is 0 Å². The first-order valence-corrected chi connectivity index (χ1v) is 11.2. The fourth-order valence-corrected chi connectivity index (χ4v) is 7.53. The maximum Gasteiger partial charge on any atom is 0.277 e. The third kappa shape index (κ3) is 3.23. The number of nitrogens with zero attached hydrogens (tertiary/aromatic N) is 2. The Morgan fingerprint density at radius 2 is 2.15 bits per heavy atom. The Morgan fingerprint density at radius 3 is 2.88 bits per heavy atom. The summed E-state index contributed by atoms with van der Waals surface area (Å²) >= 11 is 1.36. The van der Waals surface area contributed by atoms with E-state index in [0.717, 1.165) is 12.1 Å². The molecule has 3 heterocycles. The fraction of sp³-hybridized carbons (Fsp3) is 0.529. The van der Waals surface area contributed by atoms with Crippen LogP contribution >= 0.6 is 11.8 Å². The van der Waals surface area contributed by atoms with Crippen LogP contribution in [0.4, 0.5) is 5.69 Å². The lowest BCUT2D eigenvalue weighted by Crippen LogP contribution is -2.38. The number of hydrogen-bond acceptors (Lipinski definition) is 6. The van der Waals surface area contributed by atoms with E-state index in [1.807, 2.05) is 29.2 Å². The molecule has 3 fully saturated rings. The minimum absolute atomic E-state index is 0.0514. The van der Waals surface area contributed by atoms with Gasteiger partial charge in [-0.1, -0.05) is 23.9 Å². The van der Waals surface area contributed by atoms with Gasteiger partial charge in [-0.05, 0) is 25.0 Å².